The van der Waals surface area contributed by atoms with Crippen molar-refractivity contribution < 1.29 is 37.1 Å². The minimum atomic E-state index is -0.833. The van der Waals surface area contributed by atoms with Crippen LogP contribution in [-0.2, 0) is 32.0 Å². The molecule has 0 bridgehead atoms. The van der Waals surface area contributed by atoms with Crippen LogP contribution in [0.15, 0.2) is 30.3 Å². The van der Waals surface area contributed by atoms with E-state index in [4.69, 9.17) is 9.90 Å². The Morgan fingerprint density at radius 1 is 1.31 bits per heavy atom. The Morgan fingerprint density at radius 2 is 1.69 bits per heavy atom. The van der Waals surface area contributed by atoms with Gasteiger partial charge in [0, 0.05) is 6.92 Å². The largest absolute Gasteiger partial charge is 1.00 e. The van der Waals surface area contributed by atoms with Crippen molar-refractivity contribution >= 4 is 12.3 Å². The molecule has 0 radical (unpaired) electrons. The molecular formula is C9H9AgO3. The van der Waals surface area contributed by atoms with Gasteiger partial charge in [0.25, 0.3) is 5.97 Å². The quantitative estimate of drug-likeness (QED) is 0.618. The first-order valence-corrected chi connectivity index (χ1v) is 3.29. The first-order chi connectivity index (χ1) is 5.66. The average molecular weight is 273 g/mol. The number of hydrogen-bond donors (Lipinski definition) is 1. The molecule has 0 saturated carbocycles. The summed E-state index contributed by atoms with van der Waals surface area (Å²) in [5.41, 5.74) is 0.604. The number of carbonyl (C=O) groups is 1. The maximum Gasteiger partial charge on any atom is 1.00 e. The number of carboxylic acids is 1. The molecule has 0 fully saturated rings. The SMILES string of the molecule is CC(=O)O.O=[C-]c1ccccc1.[Ag+]. The van der Waals surface area contributed by atoms with E-state index in [9.17, 15) is 4.79 Å². The van der Waals surface area contributed by atoms with Gasteiger partial charge in [0.05, 0.1) is 6.29 Å². The van der Waals surface area contributed by atoms with Crippen LogP contribution < -0.4 is 0 Å². The summed E-state index contributed by atoms with van der Waals surface area (Å²) >= 11 is 0. The Balaban J connectivity index is 0. The average Bonchev–Trinajstić information content (AvgIpc) is 2.05. The van der Waals surface area contributed by atoms with Crippen LogP contribution in [0.1, 0.15) is 12.5 Å². The van der Waals surface area contributed by atoms with Gasteiger partial charge in [0.15, 0.2) is 0 Å². The molecule has 1 N–H and O–H groups in total. The van der Waals surface area contributed by atoms with E-state index in [1.54, 1.807) is 30.6 Å². The van der Waals surface area contributed by atoms with Crippen molar-refractivity contribution in [3.05, 3.63) is 35.9 Å². The topological polar surface area (TPSA) is 54.4 Å². The molecule has 1 aromatic carbocycles. The summed E-state index contributed by atoms with van der Waals surface area (Å²) in [4.78, 5) is 18.9. The van der Waals surface area contributed by atoms with Gasteiger partial charge >= 0.3 is 22.4 Å². The molecule has 0 aromatic heterocycles. The maximum absolute atomic E-state index is 9.88. The van der Waals surface area contributed by atoms with E-state index < -0.39 is 5.97 Å². The van der Waals surface area contributed by atoms with Gasteiger partial charge in [-0.2, -0.15) is 17.7 Å². The second kappa shape index (κ2) is 9.19. The fourth-order valence-electron chi connectivity index (χ4n) is 0.506. The predicted molar refractivity (Wildman–Crippen MR) is 44.5 cm³/mol. The van der Waals surface area contributed by atoms with Crippen LogP contribution in [0.25, 0.3) is 0 Å². The molecule has 0 spiro atoms. The van der Waals surface area contributed by atoms with Gasteiger partial charge < -0.3 is 9.90 Å². The molecule has 1 rings (SSSR count). The molecule has 3 nitrogen and oxygen atoms in total. The van der Waals surface area contributed by atoms with Crippen LogP contribution in [0.4, 0.5) is 0 Å². The van der Waals surface area contributed by atoms with Gasteiger partial charge in [0.2, 0.25) is 0 Å². The predicted octanol–water partition coefficient (Wildman–Crippen LogP) is 1.23. The summed E-state index contributed by atoms with van der Waals surface area (Å²) in [5, 5.41) is 7.42. The standard InChI is InChI=1S/C7H5O.C2H4O2.Ag/c8-6-7-4-2-1-3-5-7;1-2(3)4;/h1-5H;1H3,(H,3,4);/q-1;;+1. The molecular weight excluding hydrogens is 264 g/mol. The third-order valence-corrected chi connectivity index (χ3v) is 0.892. The summed E-state index contributed by atoms with van der Waals surface area (Å²) in [7, 11) is 0. The third-order valence-electron chi connectivity index (χ3n) is 0.892. The number of hydrogen-bond acceptors (Lipinski definition) is 2. The molecule has 0 amide bonds. The zero-order valence-electron chi connectivity index (χ0n) is 6.95. The second-order valence-corrected chi connectivity index (χ2v) is 1.99. The molecule has 0 heterocycles. The van der Waals surface area contributed by atoms with Crippen LogP contribution >= 0.6 is 0 Å². The number of carbonyl (C=O) groups excluding carboxylic acids is 1. The number of carboxylic acid groups (broad SMARTS) is 1. The van der Waals surface area contributed by atoms with E-state index in [0.717, 1.165) is 6.92 Å². The molecule has 0 atom stereocenters. The summed E-state index contributed by atoms with van der Waals surface area (Å²) in [6.45, 7) is 1.08. The summed E-state index contributed by atoms with van der Waals surface area (Å²) in [5.74, 6) is -0.833. The van der Waals surface area contributed by atoms with E-state index in [1.165, 1.54) is 0 Å². The van der Waals surface area contributed by atoms with Crippen molar-refractivity contribution in [1.29, 1.82) is 0 Å². The van der Waals surface area contributed by atoms with Gasteiger partial charge in [-0.05, 0) is 0 Å². The van der Waals surface area contributed by atoms with Gasteiger partial charge in [-0.1, -0.05) is 6.07 Å². The van der Waals surface area contributed by atoms with Crippen LogP contribution in [0.3, 0.4) is 0 Å². The summed E-state index contributed by atoms with van der Waals surface area (Å²) in [6, 6.07) is 8.90. The second-order valence-electron chi connectivity index (χ2n) is 1.99. The van der Waals surface area contributed by atoms with Crippen molar-refractivity contribution in [3.63, 3.8) is 0 Å². The van der Waals surface area contributed by atoms with Crippen LogP contribution in [0.5, 0.6) is 0 Å². The number of rotatable bonds is 1. The van der Waals surface area contributed by atoms with Gasteiger partial charge in [0.1, 0.15) is 0 Å². The Kier molecular flexibility index (Phi) is 10.3. The number of benzene rings is 1. The normalized spacial score (nSPS) is 7.15. The maximum atomic E-state index is 9.88. The van der Waals surface area contributed by atoms with E-state index in [1.807, 2.05) is 6.07 Å². The Hall–Kier alpha value is -0.900. The molecule has 0 unspecified atom stereocenters. The first kappa shape index (κ1) is 14.6. The van der Waals surface area contributed by atoms with Crippen molar-refractivity contribution in [1.82, 2.24) is 0 Å². The monoisotopic (exact) mass is 272 g/mol. The van der Waals surface area contributed by atoms with Crippen LogP contribution in [-0.4, -0.2) is 17.4 Å². The van der Waals surface area contributed by atoms with E-state index in [0.29, 0.717) is 5.56 Å². The van der Waals surface area contributed by atoms with E-state index in [2.05, 4.69) is 0 Å². The molecule has 1 aromatic rings. The molecule has 0 aliphatic carbocycles. The molecule has 0 aliphatic rings. The van der Waals surface area contributed by atoms with Crippen LogP contribution in [0, 0.1) is 0 Å². The molecule has 0 aliphatic heterocycles. The Labute approximate surface area is 92.3 Å². The van der Waals surface area contributed by atoms with Crippen molar-refractivity contribution in [2.45, 2.75) is 6.92 Å². The van der Waals surface area contributed by atoms with Crippen LogP contribution in [0.2, 0.25) is 0 Å². The van der Waals surface area contributed by atoms with Gasteiger partial charge in [-0.25, -0.2) is 0 Å². The van der Waals surface area contributed by atoms with E-state index >= 15 is 0 Å². The summed E-state index contributed by atoms with van der Waals surface area (Å²) in [6.07, 6.45) is 1.78. The fourth-order valence-corrected chi connectivity index (χ4v) is 0.506. The Morgan fingerprint density at radius 3 is 1.92 bits per heavy atom. The molecule has 13 heavy (non-hydrogen) atoms. The zero-order valence-corrected chi connectivity index (χ0v) is 8.43. The van der Waals surface area contributed by atoms with Gasteiger partial charge in [-0.3, -0.25) is 4.79 Å². The van der Waals surface area contributed by atoms with Crippen molar-refractivity contribution in [2.24, 2.45) is 0 Å². The molecule has 74 valence electrons. The minimum absolute atomic E-state index is 0. The fraction of sp³-hybridized carbons (Fsp3) is 0.111. The van der Waals surface area contributed by atoms with E-state index in [-0.39, 0.29) is 22.4 Å². The zero-order chi connectivity index (χ0) is 9.40. The summed E-state index contributed by atoms with van der Waals surface area (Å²) < 4.78 is 0. The van der Waals surface area contributed by atoms with Gasteiger partial charge in [-0.15, -0.1) is 12.1 Å². The van der Waals surface area contributed by atoms with Crippen molar-refractivity contribution in [2.75, 3.05) is 0 Å². The third kappa shape index (κ3) is 11.1. The minimum Gasteiger partial charge on any atom is -0.481 e. The van der Waals surface area contributed by atoms with Crippen molar-refractivity contribution in [3.8, 4) is 0 Å². The Bertz CT molecular complexity index is 242. The smallest absolute Gasteiger partial charge is 0.481 e. The molecule has 4 heteroatoms. The first-order valence-electron chi connectivity index (χ1n) is 3.29. The molecule has 0 saturated heterocycles. The number of aliphatic carboxylic acids is 1.